The molecule has 0 aromatic carbocycles. The van der Waals surface area contributed by atoms with Crippen LogP contribution in [0.1, 0.15) is 10.4 Å². The summed E-state index contributed by atoms with van der Waals surface area (Å²) in [5, 5.41) is 21.3. The van der Waals surface area contributed by atoms with Gasteiger partial charge in [0.05, 0.1) is 29.6 Å². The second kappa shape index (κ2) is 3.79. The highest BCUT2D eigenvalue weighted by Gasteiger charge is 2.07. The third-order valence-corrected chi connectivity index (χ3v) is 1.79. The summed E-state index contributed by atoms with van der Waals surface area (Å²) in [4.78, 5) is 10.6. The Bertz CT molecular complexity index is 486. The van der Waals surface area contributed by atoms with Gasteiger partial charge in [0.1, 0.15) is 11.3 Å². The second-order valence-corrected chi connectivity index (χ2v) is 2.77. The standard InChI is InChI=1S/C9H6N4O2/c14-9(15)7-2-1-5-13(6-7)8-3-4-10-12-11-8/h1-6H. The fraction of sp³-hybridized carbons (Fsp3) is 0. The van der Waals surface area contributed by atoms with Crippen molar-refractivity contribution in [3.63, 3.8) is 0 Å². The highest BCUT2D eigenvalue weighted by atomic mass is 16.4. The third-order valence-electron chi connectivity index (χ3n) is 1.79. The largest absolute Gasteiger partial charge is 0.545 e. The molecule has 0 spiro atoms. The van der Waals surface area contributed by atoms with E-state index in [-0.39, 0.29) is 5.56 Å². The van der Waals surface area contributed by atoms with Crippen LogP contribution >= 0.6 is 0 Å². The molecule has 0 saturated carbocycles. The first kappa shape index (κ1) is 9.20. The van der Waals surface area contributed by atoms with Crippen molar-refractivity contribution in [1.82, 2.24) is 15.4 Å². The lowest BCUT2D eigenvalue weighted by molar-refractivity contribution is -0.600. The van der Waals surface area contributed by atoms with Gasteiger partial charge in [0.2, 0.25) is 0 Å². The lowest BCUT2D eigenvalue weighted by atomic mass is 10.3. The molecule has 15 heavy (non-hydrogen) atoms. The number of hydrogen-bond donors (Lipinski definition) is 0. The van der Waals surface area contributed by atoms with Crippen LogP contribution in [0.5, 0.6) is 0 Å². The number of carboxylic acids is 1. The van der Waals surface area contributed by atoms with Crippen molar-refractivity contribution in [3.8, 4) is 5.82 Å². The summed E-state index contributed by atoms with van der Waals surface area (Å²) < 4.78 is 1.53. The average Bonchev–Trinajstić information content (AvgIpc) is 2.30. The van der Waals surface area contributed by atoms with Crippen molar-refractivity contribution in [2.24, 2.45) is 0 Å². The minimum Gasteiger partial charge on any atom is -0.545 e. The summed E-state index contributed by atoms with van der Waals surface area (Å²) in [6, 6.07) is 4.65. The lowest BCUT2D eigenvalue weighted by Crippen LogP contribution is -2.34. The first-order valence-electron chi connectivity index (χ1n) is 4.15. The lowest BCUT2D eigenvalue weighted by Gasteiger charge is -2.01. The van der Waals surface area contributed by atoms with E-state index in [0.717, 1.165) is 0 Å². The van der Waals surface area contributed by atoms with Crippen LogP contribution in [0.3, 0.4) is 0 Å². The van der Waals surface area contributed by atoms with Gasteiger partial charge in [-0.05, 0) is 12.1 Å². The van der Waals surface area contributed by atoms with Gasteiger partial charge in [-0.1, -0.05) is 0 Å². The van der Waals surface area contributed by atoms with Crippen molar-refractivity contribution >= 4 is 5.97 Å². The van der Waals surface area contributed by atoms with E-state index in [9.17, 15) is 9.90 Å². The molecule has 6 heteroatoms. The zero-order valence-corrected chi connectivity index (χ0v) is 7.57. The van der Waals surface area contributed by atoms with E-state index in [2.05, 4.69) is 15.4 Å². The summed E-state index contributed by atoms with van der Waals surface area (Å²) in [6.07, 6.45) is 4.54. The molecule has 2 rings (SSSR count). The molecule has 6 nitrogen and oxygen atoms in total. The molecular formula is C9H6N4O2. The van der Waals surface area contributed by atoms with Crippen LogP contribution in [0.25, 0.3) is 5.82 Å². The van der Waals surface area contributed by atoms with E-state index in [1.807, 2.05) is 0 Å². The normalized spacial score (nSPS) is 9.87. The minimum absolute atomic E-state index is 0.0797. The maximum absolute atomic E-state index is 10.6. The first-order chi connectivity index (χ1) is 7.27. The van der Waals surface area contributed by atoms with Crippen LogP contribution in [-0.2, 0) is 0 Å². The smallest absolute Gasteiger partial charge is 0.358 e. The Hall–Kier alpha value is -2.37. The van der Waals surface area contributed by atoms with Crippen molar-refractivity contribution in [1.29, 1.82) is 0 Å². The van der Waals surface area contributed by atoms with Crippen molar-refractivity contribution in [2.75, 3.05) is 0 Å². The Morgan fingerprint density at radius 3 is 2.93 bits per heavy atom. The Balaban J connectivity index is 2.46. The molecule has 0 aliphatic heterocycles. The first-order valence-corrected chi connectivity index (χ1v) is 4.15. The van der Waals surface area contributed by atoms with Crippen LogP contribution in [0.4, 0.5) is 0 Å². The van der Waals surface area contributed by atoms with Crippen molar-refractivity contribution in [2.45, 2.75) is 0 Å². The Morgan fingerprint density at radius 2 is 2.27 bits per heavy atom. The molecule has 0 N–H and O–H groups in total. The fourth-order valence-electron chi connectivity index (χ4n) is 1.11. The maximum Gasteiger partial charge on any atom is 0.358 e. The minimum atomic E-state index is -1.23. The SMILES string of the molecule is O=C([O-])c1ccc[n+](-c2ccnnn2)c1. The van der Waals surface area contributed by atoms with Gasteiger partial charge in [-0.25, -0.2) is 4.57 Å². The number of nitrogens with zero attached hydrogens (tertiary/aromatic N) is 4. The fourth-order valence-corrected chi connectivity index (χ4v) is 1.11. The van der Waals surface area contributed by atoms with Gasteiger partial charge in [-0.2, -0.15) is 0 Å². The van der Waals surface area contributed by atoms with Crippen LogP contribution in [0.15, 0.2) is 36.8 Å². The van der Waals surface area contributed by atoms with E-state index in [1.165, 1.54) is 23.0 Å². The average molecular weight is 202 g/mol. The molecule has 2 heterocycles. The number of aromatic nitrogens is 4. The predicted molar refractivity (Wildman–Crippen MR) is 45.7 cm³/mol. The van der Waals surface area contributed by atoms with Crippen LogP contribution in [0.2, 0.25) is 0 Å². The number of carbonyl (C=O) groups excluding carboxylic acids is 1. The topological polar surface area (TPSA) is 82.7 Å². The zero-order chi connectivity index (χ0) is 10.7. The van der Waals surface area contributed by atoms with Crippen molar-refractivity contribution < 1.29 is 14.5 Å². The second-order valence-electron chi connectivity index (χ2n) is 2.77. The summed E-state index contributed by atoms with van der Waals surface area (Å²) in [7, 11) is 0. The van der Waals surface area contributed by atoms with Crippen LogP contribution < -0.4 is 9.67 Å². The van der Waals surface area contributed by atoms with E-state index in [4.69, 9.17) is 0 Å². The molecule has 0 bridgehead atoms. The van der Waals surface area contributed by atoms with Gasteiger partial charge in [0.25, 0.3) is 0 Å². The number of aromatic carboxylic acids is 1. The summed E-state index contributed by atoms with van der Waals surface area (Å²) in [5.74, 6) is -0.737. The Kier molecular flexibility index (Phi) is 2.32. The molecule has 0 saturated heterocycles. The molecule has 0 radical (unpaired) electrons. The van der Waals surface area contributed by atoms with Gasteiger partial charge < -0.3 is 9.90 Å². The summed E-state index contributed by atoms with van der Waals surface area (Å²) >= 11 is 0. The van der Waals surface area contributed by atoms with E-state index < -0.39 is 5.97 Å². The molecule has 2 aromatic rings. The maximum atomic E-state index is 10.6. The number of rotatable bonds is 2. The van der Waals surface area contributed by atoms with Crippen LogP contribution in [-0.4, -0.2) is 21.4 Å². The van der Waals surface area contributed by atoms with Crippen LogP contribution in [0, 0.1) is 0 Å². The van der Waals surface area contributed by atoms with Crippen molar-refractivity contribution in [3.05, 3.63) is 42.4 Å². The highest BCUT2D eigenvalue weighted by molar-refractivity contribution is 5.84. The van der Waals surface area contributed by atoms with Gasteiger partial charge in [0.15, 0.2) is 0 Å². The number of carbonyl (C=O) groups is 1. The zero-order valence-electron chi connectivity index (χ0n) is 7.57. The molecule has 0 aliphatic carbocycles. The molecular weight excluding hydrogens is 196 g/mol. The molecule has 0 atom stereocenters. The molecule has 0 amide bonds. The number of hydrogen-bond acceptors (Lipinski definition) is 5. The molecule has 0 fully saturated rings. The number of pyridine rings is 1. The molecule has 74 valence electrons. The summed E-state index contributed by atoms with van der Waals surface area (Å²) in [5.41, 5.74) is 0.0797. The summed E-state index contributed by atoms with van der Waals surface area (Å²) in [6.45, 7) is 0. The molecule has 0 unspecified atom stereocenters. The quantitative estimate of drug-likeness (QED) is 0.554. The highest BCUT2D eigenvalue weighted by Crippen LogP contribution is 1.94. The Labute approximate surface area is 84.8 Å². The molecule has 2 aromatic heterocycles. The van der Waals surface area contributed by atoms with Gasteiger partial charge in [-0.15, -0.1) is 5.10 Å². The van der Waals surface area contributed by atoms with E-state index in [1.54, 1.807) is 18.3 Å². The third kappa shape index (κ3) is 1.93. The Morgan fingerprint density at radius 1 is 1.40 bits per heavy atom. The van der Waals surface area contributed by atoms with Gasteiger partial charge in [-0.3, -0.25) is 0 Å². The monoisotopic (exact) mass is 202 g/mol. The van der Waals surface area contributed by atoms with E-state index in [0.29, 0.717) is 5.82 Å². The van der Waals surface area contributed by atoms with Gasteiger partial charge in [0, 0.05) is 5.56 Å². The number of carboxylic acid groups (broad SMARTS) is 1. The molecule has 0 aliphatic rings. The predicted octanol–water partition coefficient (Wildman–Crippen LogP) is -1.49. The van der Waals surface area contributed by atoms with E-state index >= 15 is 0 Å². The van der Waals surface area contributed by atoms with Gasteiger partial charge >= 0.3 is 5.82 Å².